The van der Waals surface area contributed by atoms with Crippen LogP contribution in [0.4, 0.5) is 10.5 Å². The van der Waals surface area contributed by atoms with Crippen molar-refractivity contribution in [2.24, 2.45) is 0 Å². The molecule has 0 spiro atoms. The molecule has 1 aromatic carbocycles. The molecule has 0 saturated carbocycles. The molecule has 0 bridgehead atoms. The normalized spacial score (nSPS) is 15.5. The quantitative estimate of drug-likeness (QED) is 0.629. The minimum Gasteiger partial charge on any atom is -0.507 e. The summed E-state index contributed by atoms with van der Waals surface area (Å²) in [6, 6.07) is 3.84. The van der Waals surface area contributed by atoms with Crippen molar-refractivity contribution in [2.45, 2.75) is 18.9 Å². The van der Waals surface area contributed by atoms with Crippen LogP contribution in [0, 0.1) is 0 Å². The van der Waals surface area contributed by atoms with Gasteiger partial charge in [-0.25, -0.2) is 9.59 Å². The highest BCUT2D eigenvalue weighted by atomic mass is 16.4. The van der Waals surface area contributed by atoms with Crippen LogP contribution in [-0.2, 0) is 0 Å². The number of hydrogen-bond acceptors (Lipinski definition) is 4. The summed E-state index contributed by atoms with van der Waals surface area (Å²) in [5.74, 6) is -1.57. The maximum absolute atomic E-state index is 12.2. The first kappa shape index (κ1) is 15.1. The molecule has 0 radical (unpaired) electrons. The lowest BCUT2D eigenvalue weighted by molar-refractivity contribution is 0.0693. The molecule has 21 heavy (non-hydrogen) atoms. The number of carboxylic acids is 1. The number of rotatable bonds is 3. The predicted octanol–water partition coefficient (Wildman–Crippen LogP) is 1.31. The molecule has 1 aliphatic heterocycles. The second-order valence-corrected chi connectivity index (χ2v) is 5.06. The maximum atomic E-state index is 12.2. The summed E-state index contributed by atoms with van der Waals surface area (Å²) in [5, 5.41) is 24.3. The van der Waals surface area contributed by atoms with Gasteiger partial charge in [0, 0.05) is 18.8 Å². The second-order valence-electron chi connectivity index (χ2n) is 5.06. The van der Waals surface area contributed by atoms with E-state index in [4.69, 9.17) is 5.11 Å². The molecule has 2 amide bonds. The van der Waals surface area contributed by atoms with Crippen LogP contribution in [0.25, 0.3) is 0 Å². The first-order valence-electron chi connectivity index (χ1n) is 6.80. The van der Waals surface area contributed by atoms with Gasteiger partial charge in [0.1, 0.15) is 11.3 Å². The van der Waals surface area contributed by atoms with Crippen molar-refractivity contribution in [2.75, 3.05) is 25.5 Å². The fourth-order valence-corrected chi connectivity index (χ4v) is 2.36. The lowest BCUT2D eigenvalue weighted by Crippen LogP contribution is -2.45. The third-order valence-electron chi connectivity index (χ3n) is 3.65. The molecule has 114 valence electrons. The molecule has 7 heteroatoms. The summed E-state index contributed by atoms with van der Waals surface area (Å²) in [7, 11) is 1.73. The van der Waals surface area contributed by atoms with E-state index in [0.29, 0.717) is 5.69 Å². The van der Waals surface area contributed by atoms with Crippen LogP contribution in [0.2, 0.25) is 0 Å². The average molecular weight is 293 g/mol. The number of nitrogens with zero attached hydrogens (tertiary/aromatic N) is 1. The van der Waals surface area contributed by atoms with Gasteiger partial charge in [0.2, 0.25) is 0 Å². The third kappa shape index (κ3) is 3.63. The lowest BCUT2D eigenvalue weighted by atomic mass is 10.1. The van der Waals surface area contributed by atoms with Crippen molar-refractivity contribution >= 4 is 17.7 Å². The van der Waals surface area contributed by atoms with E-state index >= 15 is 0 Å². The molecular weight excluding hydrogens is 274 g/mol. The molecule has 1 fully saturated rings. The Hall–Kier alpha value is -2.28. The number of carbonyl (C=O) groups is 2. The van der Waals surface area contributed by atoms with Crippen molar-refractivity contribution in [1.29, 1.82) is 0 Å². The van der Waals surface area contributed by atoms with Crippen LogP contribution in [0.1, 0.15) is 23.2 Å². The zero-order chi connectivity index (χ0) is 15.4. The zero-order valence-corrected chi connectivity index (χ0v) is 11.8. The molecule has 1 heterocycles. The van der Waals surface area contributed by atoms with E-state index in [0.717, 1.165) is 25.9 Å². The Bertz CT molecular complexity index is 541. The summed E-state index contributed by atoms with van der Waals surface area (Å²) >= 11 is 0. The van der Waals surface area contributed by atoms with Crippen molar-refractivity contribution in [3.8, 4) is 5.75 Å². The number of amides is 2. The number of anilines is 1. The minimum atomic E-state index is -1.24. The Morgan fingerprint density at radius 1 is 1.33 bits per heavy atom. The predicted molar refractivity (Wildman–Crippen MR) is 77.7 cm³/mol. The lowest BCUT2D eigenvalue weighted by Gasteiger charge is -2.31. The van der Waals surface area contributed by atoms with Crippen molar-refractivity contribution < 1.29 is 19.8 Å². The van der Waals surface area contributed by atoms with Gasteiger partial charge in [-0.15, -0.1) is 0 Å². The van der Waals surface area contributed by atoms with E-state index in [-0.39, 0.29) is 23.4 Å². The molecule has 1 aliphatic rings. The van der Waals surface area contributed by atoms with Gasteiger partial charge in [-0.05, 0) is 44.1 Å². The highest BCUT2D eigenvalue weighted by molar-refractivity contribution is 5.95. The number of urea groups is 1. The molecule has 0 atom stereocenters. The summed E-state index contributed by atoms with van der Waals surface area (Å²) in [6.45, 7) is 1.76. The molecule has 7 nitrogen and oxygen atoms in total. The highest BCUT2D eigenvalue weighted by Gasteiger charge is 2.22. The minimum absolute atomic E-state index is 0.169. The van der Waals surface area contributed by atoms with Gasteiger partial charge in [0.15, 0.2) is 0 Å². The van der Waals surface area contributed by atoms with Crippen LogP contribution >= 0.6 is 0 Å². The molecule has 1 aromatic rings. The summed E-state index contributed by atoms with van der Waals surface area (Å²) in [6.07, 6.45) is 1.78. The van der Waals surface area contributed by atoms with E-state index in [2.05, 4.69) is 10.6 Å². The number of phenols is 1. The number of piperidine rings is 1. The van der Waals surface area contributed by atoms with Gasteiger partial charge in [-0.2, -0.15) is 0 Å². The van der Waals surface area contributed by atoms with Crippen molar-refractivity contribution in [3.05, 3.63) is 23.8 Å². The Labute approximate surface area is 122 Å². The highest BCUT2D eigenvalue weighted by Crippen LogP contribution is 2.22. The van der Waals surface area contributed by atoms with Gasteiger partial charge in [0.05, 0.1) is 0 Å². The third-order valence-corrected chi connectivity index (χ3v) is 3.65. The molecule has 4 N–H and O–H groups in total. The summed E-state index contributed by atoms with van der Waals surface area (Å²) in [4.78, 5) is 24.7. The van der Waals surface area contributed by atoms with Gasteiger partial charge in [0.25, 0.3) is 0 Å². The molecule has 0 unspecified atom stereocenters. The molecule has 2 rings (SSSR count). The van der Waals surface area contributed by atoms with Crippen LogP contribution in [0.5, 0.6) is 5.75 Å². The first-order chi connectivity index (χ1) is 9.99. The van der Waals surface area contributed by atoms with Gasteiger partial charge in [-0.1, -0.05) is 0 Å². The average Bonchev–Trinajstić information content (AvgIpc) is 2.49. The summed E-state index contributed by atoms with van der Waals surface area (Å²) in [5.41, 5.74) is 0.105. The van der Waals surface area contributed by atoms with Gasteiger partial charge >= 0.3 is 12.0 Å². The van der Waals surface area contributed by atoms with Crippen LogP contribution < -0.4 is 10.6 Å². The number of carbonyl (C=O) groups excluding carboxylic acids is 1. The van der Waals surface area contributed by atoms with Crippen molar-refractivity contribution in [3.63, 3.8) is 0 Å². The van der Waals surface area contributed by atoms with Crippen LogP contribution in [-0.4, -0.2) is 53.3 Å². The van der Waals surface area contributed by atoms with Crippen molar-refractivity contribution in [1.82, 2.24) is 10.2 Å². The monoisotopic (exact) mass is 293 g/mol. The standard InChI is InChI=1S/C14H19N3O4/c1-17(10-4-6-15-7-5-10)14(21)16-9-2-3-12(18)11(8-9)13(19)20/h2-3,8,10,15,18H,4-7H2,1H3,(H,16,21)(H,19,20). The number of aromatic carboxylic acids is 1. The van der Waals surface area contributed by atoms with E-state index < -0.39 is 5.97 Å². The van der Waals surface area contributed by atoms with E-state index in [9.17, 15) is 14.7 Å². The Kier molecular flexibility index (Phi) is 4.64. The smallest absolute Gasteiger partial charge is 0.339 e. The Morgan fingerprint density at radius 3 is 2.62 bits per heavy atom. The molecule has 1 saturated heterocycles. The number of nitrogens with one attached hydrogen (secondary N) is 2. The number of benzene rings is 1. The molecular formula is C14H19N3O4. The SMILES string of the molecule is CN(C(=O)Nc1ccc(O)c(C(=O)O)c1)C1CCNCC1. The number of hydrogen-bond donors (Lipinski definition) is 4. The topological polar surface area (TPSA) is 102 Å². The molecule has 0 aliphatic carbocycles. The summed E-state index contributed by atoms with van der Waals surface area (Å²) < 4.78 is 0. The fraction of sp³-hybridized carbons (Fsp3) is 0.429. The molecule has 0 aromatic heterocycles. The van der Waals surface area contributed by atoms with E-state index in [1.807, 2.05) is 0 Å². The van der Waals surface area contributed by atoms with Gasteiger partial charge in [-0.3, -0.25) is 0 Å². The number of aromatic hydroxyl groups is 1. The van der Waals surface area contributed by atoms with E-state index in [1.54, 1.807) is 11.9 Å². The Balaban J connectivity index is 2.05. The first-order valence-corrected chi connectivity index (χ1v) is 6.80. The fourth-order valence-electron chi connectivity index (χ4n) is 2.36. The van der Waals surface area contributed by atoms with E-state index in [1.165, 1.54) is 18.2 Å². The number of carboxylic acid groups (broad SMARTS) is 1. The Morgan fingerprint density at radius 2 is 2.00 bits per heavy atom. The largest absolute Gasteiger partial charge is 0.507 e. The van der Waals surface area contributed by atoms with Crippen LogP contribution in [0.15, 0.2) is 18.2 Å². The second kappa shape index (κ2) is 6.45. The van der Waals surface area contributed by atoms with Gasteiger partial charge < -0.3 is 25.7 Å². The maximum Gasteiger partial charge on any atom is 0.339 e. The van der Waals surface area contributed by atoms with Crippen LogP contribution in [0.3, 0.4) is 0 Å². The zero-order valence-electron chi connectivity index (χ0n) is 11.8.